The van der Waals surface area contributed by atoms with Crippen LogP contribution in [0.15, 0.2) is 29.3 Å². The molecular weight excluding hydrogens is 489 g/mol. The summed E-state index contributed by atoms with van der Waals surface area (Å²) in [6.07, 6.45) is 3.33. The monoisotopic (exact) mass is 531 g/mol. The summed E-state index contributed by atoms with van der Waals surface area (Å²) in [6, 6.07) is 8.91. The van der Waals surface area contributed by atoms with E-state index in [1.807, 2.05) is 0 Å². The third-order valence-corrected chi connectivity index (χ3v) is 5.19. The Hall–Kier alpha value is -0.900. The zero-order valence-corrected chi connectivity index (χ0v) is 21.5. The molecule has 172 valence electrons. The molecule has 0 unspecified atom stereocenters. The van der Waals surface area contributed by atoms with Crippen molar-refractivity contribution in [2.24, 2.45) is 4.99 Å². The molecule has 1 aliphatic heterocycles. The fourth-order valence-corrected chi connectivity index (χ4v) is 3.26. The van der Waals surface area contributed by atoms with Crippen molar-refractivity contribution in [1.29, 1.82) is 0 Å². The molecule has 1 fully saturated rings. The molecule has 0 radical (unpaired) electrons. The van der Waals surface area contributed by atoms with E-state index < -0.39 is 0 Å². The number of likely N-dealkylation sites (N-methyl/N-ethyl adjacent to an activating group) is 1. The van der Waals surface area contributed by atoms with Gasteiger partial charge in [0.15, 0.2) is 5.96 Å². The minimum absolute atomic E-state index is 0. The van der Waals surface area contributed by atoms with Crippen LogP contribution in [0.1, 0.15) is 44.2 Å². The highest BCUT2D eigenvalue weighted by Gasteiger charge is 2.13. The first kappa shape index (κ1) is 27.1. The molecule has 1 saturated heterocycles. The maximum atomic E-state index is 5.61. The van der Waals surface area contributed by atoms with Gasteiger partial charge in [-0.3, -0.25) is 4.90 Å². The van der Waals surface area contributed by atoms with Crippen LogP contribution in [0.25, 0.3) is 0 Å². The van der Waals surface area contributed by atoms with E-state index >= 15 is 0 Å². The second-order valence-corrected chi connectivity index (χ2v) is 7.84. The number of hydrogen-bond donors (Lipinski definition) is 2. The van der Waals surface area contributed by atoms with Crippen LogP contribution in [0.2, 0.25) is 0 Å². The number of aliphatic imine (C=N–C) groups is 1. The van der Waals surface area contributed by atoms with Crippen LogP contribution in [0.3, 0.4) is 0 Å². The molecule has 1 aromatic carbocycles. The van der Waals surface area contributed by atoms with Gasteiger partial charge in [0.05, 0.1) is 6.54 Å². The molecule has 0 saturated carbocycles. The van der Waals surface area contributed by atoms with E-state index in [9.17, 15) is 0 Å². The summed E-state index contributed by atoms with van der Waals surface area (Å²) in [6.45, 7) is 14.1. The molecule has 0 aromatic heterocycles. The van der Waals surface area contributed by atoms with Crippen molar-refractivity contribution < 1.29 is 4.74 Å². The summed E-state index contributed by atoms with van der Waals surface area (Å²) < 4.78 is 5.61. The first-order valence-electron chi connectivity index (χ1n) is 11.3. The Bertz CT molecular complexity index is 573. The normalized spacial score (nSPS) is 15.6. The van der Waals surface area contributed by atoms with E-state index in [1.165, 1.54) is 17.5 Å². The molecule has 7 heteroatoms. The number of halogens is 1. The number of piperazine rings is 1. The van der Waals surface area contributed by atoms with Gasteiger partial charge in [0.2, 0.25) is 0 Å². The van der Waals surface area contributed by atoms with E-state index in [0.29, 0.717) is 6.54 Å². The molecule has 2 N–H and O–H groups in total. The van der Waals surface area contributed by atoms with E-state index in [0.717, 1.165) is 77.8 Å². The zero-order valence-electron chi connectivity index (χ0n) is 19.2. The van der Waals surface area contributed by atoms with Crippen LogP contribution in [0, 0.1) is 0 Å². The van der Waals surface area contributed by atoms with E-state index in [2.05, 4.69) is 65.6 Å². The minimum Gasteiger partial charge on any atom is -0.381 e. The number of unbranched alkanes of at least 4 members (excludes halogenated alkanes) is 1. The van der Waals surface area contributed by atoms with Gasteiger partial charge in [0, 0.05) is 59.0 Å². The zero-order chi connectivity index (χ0) is 20.7. The van der Waals surface area contributed by atoms with Gasteiger partial charge >= 0.3 is 0 Å². The largest absolute Gasteiger partial charge is 0.381 e. The highest BCUT2D eigenvalue weighted by molar-refractivity contribution is 14.0. The third-order valence-electron chi connectivity index (χ3n) is 5.19. The number of guanidine groups is 1. The summed E-state index contributed by atoms with van der Waals surface area (Å²) in [5.74, 6) is 0.877. The number of hydrogen-bond acceptors (Lipinski definition) is 4. The number of rotatable bonds is 12. The van der Waals surface area contributed by atoms with E-state index in [-0.39, 0.29) is 24.0 Å². The standard InChI is InChI=1S/C23H41N5O.HI/c1-4-6-17-29-18-7-12-25-23(24-5-2)26-19-21-8-10-22(11-9-21)20-28-15-13-27(3)14-16-28;/h8-11H,4-7,12-20H2,1-3H3,(H2,24,25,26);1H. The summed E-state index contributed by atoms with van der Waals surface area (Å²) in [4.78, 5) is 9.65. The van der Waals surface area contributed by atoms with Gasteiger partial charge in [-0.25, -0.2) is 4.99 Å². The predicted octanol–water partition coefficient (Wildman–Crippen LogP) is 3.31. The molecule has 1 heterocycles. The molecule has 0 aliphatic carbocycles. The lowest BCUT2D eigenvalue weighted by molar-refractivity contribution is 0.129. The molecule has 1 aromatic rings. The second-order valence-electron chi connectivity index (χ2n) is 7.84. The fourth-order valence-electron chi connectivity index (χ4n) is 3.26. The van der Waals surface area contributed by atoms with Gasteiger partial charge in [-0.15, -0.1) is 24.0 Å². The smallest absolute Gasteiger partial charge is 0.191 e. The van der Waals surface area contributed by atoms with Crippen molar-refractivity contribution in [3.63, 3.8) is 0 Å². The topological polar surface area (TPSA) is 52.1 Å². The van der Waals surface area contributed by atoms with Gasteiger partial charge in [0.25, 0.3) is 0 Å². The van der Waals surface area contributed by atoms with Crippen LogP contribution in [0.4, 0.5) is 0 Å². The van der Waals surface area contributed by atoms with Crippen molar-refractivity contribution in [1.82, 2.24) is 20.4 Å². The van der Waals surface area contributed by atoms with Crippen LogP contribution in [-0.2, 0) is 17.8 Å². The van der Waals surface area contributed by atoms with Gasteiger partial charge in [-0.2, -0.15) is 0 Å². The summed E-state index contributed by atoms with van der Waals surface area (Å²) in [7, 11) is 2.20. The molecular formula is C23H42IN5O. The SMILES string of the molecule is CCCCOCCCNC(=NCc1ccc(CN2CCN(C)CC2)cc1)NCC.I. The lowest BCUT2D eigenvalue weighted by Crippen LogP contribution is -2.43. The molecule has 0 amide bonds. The molecule has 0 bridgehead atoms. The van der Waals surface area contributed by atoms with Crippen LogP contribution >= 0.6 is 24.0 Å². The number of benzene rings is 1. The Morgan fingerprint density at radius 2 is 1.63 bits per heavy atom. The Balaban J connectivity index is 0.00000450. The van der Waals surface area contributed by atoms with Gasteiger partial charge in [-0.1, -0.05) is 37.6 Å². The lowest BCUT2D eigenvalue weighted by Gasteiger charge is -2.32. The van der Waals surface area contributed by atoms with Crippen molar-refractivity contribution in [3.8, 4) is 0 Å². The molecule has 0 spiro atoms. The van der Waals surface area contributed by atoms with E-state index in [1.54, 1.807) is 0 Å². The second kappa shape index (κ2) is 16.8. The maximum Gasteiger partial charge on any atom is 0.191 e. The molecule has 30 heavy (non-hydrogen) atoms. The molecule has 0 atom stereocenters. The molecule has 1 aliphatic rings. The summed E-state index contributed by atoms with van der Waals surface area (Å²) in [5.41, 5.74) is 2.63. The predicted molar refractivity (Wildman–Crippen MR) is 138 cm³/mol. The Labute approximate surface area is 200 Å². The van der Waals surface area contributed by atoms with Crippen molar-refractivity contribution >= 4 is 29.9 Å². The average Bonchev–Trinajstić information content (AvgIpc) is 2.74. The average molecular weight is 532 g/mol. The van der Waals surface area contributed by atoms with Gasteiger partial charge < -0.3 is 20.3 Å². The minimum atomic E-state index is 0. The summed E-state index contributed by atoms with van der Waals surface area (Å²) in [5, 5.41) is 6.72. The highest BCUT2D eigenvalue weighted by Crippen LogP contribution is 2.10. The lowest BCUT2D eigenvalue weighted by atomic mass is 10.1. The number of nitrogens with zero attached hydrogens (tertiary/aromatic N) is 3. The van der Waals surface area contributed by atoms with Crippen LogP contribution in [-0.4, -0.2) is 75.3 Å². The van der Waals surface area contributed by atoms with Crippen LogP contribution < -0.4 is 10.6 Å². The van der Waals surface area contributed by atoms with Crippen molar-refractivity contribution in [3.05, 3.63) is 35.4 Å². The molecule has 6 nitrogen and oxygen atoms in total. The van der Waals surface area contributed by atoms with Gasteiger partial charge in [-0.05, 0) is 37.9 Å². The van der Waals surface area contributed by atoms with E-state index in [4.69, 9.17) is 9.73 Å². The Morgan fingerprint density at radius 1 is 0.967 bits per heavy atom. The maximum absolute atomic E-state index is 5.61. The van der Waals surface area contributed by atoms with Crippen molar-refractivity contribution in [2.75, 3.05) is 59.5 Å². The number of ether oxygens (including phenoxy) is 1. The fraction of sp³-hybridized carbons (Fsp3) is 0.696. The Kier molecular flexibility index (Phi) is 15.2. The first-order valence-corrected chi connectivity index (χ1v) is 11.3. The highest BCUT2D eigenvalue weighted by atomic mass is 127. The van der Waals surface area contributed by atoms with Crippen molar-refractivity contribution in [2.45, 2.75) is 46.2 Å². The summed E-state index contributed by atoms with van der Waals surface area (Å²) >= 11 is 0. The first-order chi connectivity index (χ1) is 14.2. The van der Waals surface area contributed by atoms with Crippen LogP contribution in [0.5, 0.6) is 0 Å². The quantitative estimate of drug-likeness (QED) is 0.188. The van der Waals surface area contributed by atoms with Gasteiger partial charge in [0.1, 0.15) is 0 Å². The Morgan fingerprint density at radius 3 is 2.30 bits per heavy atom. The number of nitrogens with one attached hydrogen (secondary N) is 2. The molecule has 2 rings (SSSR count). The third kappa shape index (κ3) is 11.5.